The van der Waals surface area contributed by atoms with Gasteiger partial charge in [0, 0.05) is 32.6 Å². The van der Waals surface area contributed by atoms with Crippen LogP contribution in [0.5, 0.6) is 17.2 Å². The Kier molecular flexibility index (Phi) is 12.9. The molecule has 1 unspecified atom stereocenters. The topological polar surface area (TPSA) is 118 Å². The summed E-state index contributed by atoms with van der Waals surface area (Å²) in [7, 11) is 1.65. The van der Waals surface area contributed by atoms with Crippen LogP contribution in [0.15, 0.2) is 60.7 Å². The predicted molar refractivity (Wildman–Crippen MR) is 188 cm³/mol. The Hall–Kier alpha value is -4.71. The maximum absolute atomic E-state index is 13.9. The highest BCUT2D eigenvalue weighted by Crippen LogP contribution is 2.41. The first kappa shape index (κ1) is 37.5. The highest BCUT2D eigenvalue weighted by molar-refractivity contribution is 5.96. The molecule has 1 aliphatic carbocycles. The van der Waals surface area contributed by atoms with Crippen LogP contribution in [0.3, 0.4) is 0 Å². The lowest BCUT2D eigenvalue weighted by molar-refractivity contribution is -0.142. The molecule has 2 fully saturated rings. The Labute approximate surface area is 298 Å². The molecule has 3 aromatic rings. The second-order valence-corrected chi connectivity index (χ2v) is 13.5. The Balaban J connectivity index is 0.000000488. The standard InChI is InChI=1S/C32H42N4O6.C7H6F2/c1-22(37)35-32(19-24-7-8-24)13-16-36(31(32)39)27(11-9-23-10-12-28-29(18-23)42-21-41-28)30(38)34-15-4-14-33-20-25-5-3-6-26(17-25)40-2;1-5-2-6(8)4-7(9)3-5/h3,5-6,10,12,17-18,24,27,33H,4,7-9,11,13-16,19-21H2,1-2H3,(H,34,38)(H,35,37);2-4H,1H3/t27?,32-;/m0./s1. The summed E-state index contributed by atoms with van der Waals surface area (Å²) in [6.45, 7) is 5.67. The van der Waals surface area contributed by atoms with Crippen molar-refractivity contribution in [3.8, 4) is 17.2 Å². The van der Waals surface area contributed by atoms with Crippen molar-refractivity contribution in [3.63, 3.8) is 0 Å². The summed E-state index contributed by atoms with van der Waals surface area (Å²) in [6.07, 6.45) is 5.11. The van der Waals surface area contributed by atoms with E-state index in [9.17, 15) is 23.2 Å². The van der Waals surface area contributed by atoms with Gasteiger partial charge in [0.05, 0.1) is 7.11 Å². The summed E-state index contributed by atoms with van der Waals surface area (Å²) >= 11 is 0. The Morgan fingerprint density at radius 3 is 2.47 bits per heavy atom. The molecule has 0 spiro atoms. The van der Waals surface area contributed by atoms with E-state index in [4.69, 9.17) is 14.2 Å². The number of hydrogen-bond donors (Lipinski definition) is 3. The fraction of sp³-hybridized carbons (Fsp3) is 0.462. The minimum Gasteiger partial charge on any atom is -0.497 e. The number of rotatable bonds is 15. The van der Waals surface area contributed by atoms with Crippen LogP contribution in [0, 0.1) is 24.5 Å². The molecular weight excluding hydrogens is 658 g/mol. The van der Waals surface area contributed by atoms with Gasteiger partial charge in [0.1, 0.15) is 29.0 Å². The van der Waals surface area contributed by atoms with E-state index in [0.717, 1.165) is 48.8 Å². The molecule has 1 saturated heterocycles. The Morgan fingerprint density at radius 2 is 1.76 bits per heavy atom. The van der Waals surface area contributed by atoms with Gasteiger partial charge in [-0.3, -0.25) is 14.4 Å². The molecule has 1 saturated carbocycles. The van der Waals surface area contributed by atoms with Crippen molar-refractivity contribution in [1.82, 2.24) is 20.9 Å². The number of aryl methyl sites for hydroxylation is 2. The number of ether oxygens (including phenoxy) is 3. The molecule has 3 amide bonds. The fourth-order valence-electron chi connectivity index (χ4n) is 6.68. The van der Waals surface area contributed by atoms with Gasteiger partial charge in [0.2, 0.25) is 24.5 Å². The van der Waals surface area contributed by atoms with Crippen LogP contribution in [-0.4, -0.2) is 67.7 Å². The number of nitrogens with zero attached hydrogens (tertiary/aromatic N) is 1. The molecule has 274 valence electrons. The number of amides is 3. The molecule has 3 N–H and O–H groups in total. The molecular formula is C39H48F2N4O6. The molecule has 6 rings (SSSR count). The van der Waals surface area contributed by atoms with Crippen LogP contribution in [0.4, 0.5) is 8.78 Å². The number of benzene rings is 3. The van der Waals surface area contributed by atoms with Crippen molar-refractivity contribution in [2.75, 3.05) is 33.5 Å². The number of carbonyl (C=O) groups is 3. The van der Waals surface area contributed by atoms with Crippen molar-refractivity contribution in [2.45, 2.75) is 76.9 Å². The number of nitrogens with one attached hydrogen (secondary N) is 3. The van der Waals surface area contributed by atoms with E-state index in [1.165, 1.54) is 19.1 Å². The molecule has 10 nitrogen and oxygen atoms in total. The number of carbonyl (C=O) groups excluding carboxylic acids is 3. The first-order chi connectivity index (χ1) is 24.5. The smallest absolute Gasteiger partial charge is 0.249 e. The average Bonchev–Trinajstić information content (AvgIpc) is 3.68. The maximum atomic E-state index is 13.9. The molecule has 2 atom stereocenters. The van der Waals surface area contributed by atoms with Crippen LogP contribution in [0.25, 0.3) is 0 Å². The third kappa shape index (κ3) is 10.6. The molecule has 51 heavy (non-hydrogen) atoms. The zero-order chi connectivity index (χ0) is 36.4. The van der Waals surface area contributed by atoms with E-state index >= 15 is 0 Å². The predicted octanol–water partition coefficient (Wildman–Crippen LogP) is 5.20. The van der Waals surface area contributed by atoms with Crippen LogP contribution >= 0.6 is 0 Å². The van der Waals surface area contributed by atoms with Gasteiger partial charge in [0.25, 0.3) is 0 Å². The number of likely N-dealkylation sites (tertiary alicyclic amines) is 1. The third-order valence-electron chi connectivity index (χ3n) is 9.32. The lowest BCUT2D eigenvalue weighted by atomic mass is 9.90. The minimum absolute atomic E-state index is 0.143. The molecule has 0 bridgehead atoms. The summed E-state index contributed by atoms with van der Waals surface area (Å²) in [4.78, 5) is 41.3. The van der Waals surface area contributed by atoms with Crippen molar-refractivity contribution in [2.24, 2.45) is 5.92 Å². The van der Waals surface area contributed by atoms with Gasteiger partial charge in [-0.2, -0.15) is 0 Å². The normalized spacial score (nSPS) is 18.1. The third-order valence-corrected chi connectivity index (χ3v) is 9.32. The van der Waals surface area contributed by atoms with Gasteiger partial charge in [-0.25, -0.2) is 8.78 Å². The van der Waals surface area contributed by atoms with Gasteiger partial charge in [0.15, 0.2) is 11.5 Å². The second kappa shape index (κ2) is 17.5. The molecule has 2 aliphatic heterocycles. The van der Waals surface area contributed by atoms with Crippen molar-refractivity contribution < 1.29 is 37.4 Å². The van der Waals surface area contributed by atoms with Gasteiger partial charge in [-0.05, 0) is 105 Å². The van der Waals surface area contributed by atoms with Crippen LogP contribution in [0.1, 0.15) is 62.1 Å². The van der Waals surface area contributed by atoms with Crippen LogP contribution in [0.2, 0.25) is 0 Å². The summed E-state index contributed by atoms with van der Waals surface area (Å²) in [6, 6.07) is 16.5. The van der Waals surface area contributed by atoms with Gasteiger partial charge in [-0.1, -0.05) is 31.0 Å². The summed E-state index contributed by atoms with van der Waals surface area (Å²) in [5, 5.41) is 9.46. The largest absolute Gasteiger partial charge is 0.497 e. The van der Waals surface area contributed by atoms with E-state index in [0.29, 0.717) is 68.3 Å². The van der Waals surface area contributed by atoms with E-state index < -0.39 is 23.2 Å². The summed E-state index contributed by atoms with van der Waals surface area (Å²) < 4.78 is 40.6. The van der Waals surface area contributed by atoms with E-state index in [2.05, 4.69) is 16.0 Å². The minimum atomic E-state index is -0.922. The number of hydrogen-bond acceptors (Lipinski definition) is 7. The van der Waals surface area contributed by atoms with Crippen LogP contribution in [-0.2, 0) is 27.3 Å². The molecule has 0 radical (unpaired) electrons. The summed E-state index contributed by atoms with van der Waals surface area (Å²) in [5.74, 6) is 1.12. The molecule has 3 aliphatic rings. The highest BCUT2D eigenvalue weighted by atomic mass is 19.1. The van der Waals surface area contributed by atoms with E-state index in [1.54, 1.807) is 18.9 Å². The zero-order valence-corrected chi connectivity index (χ0v) is 29.6. The highest BCUT2D eigenvalue weighted by Gasteiger charge is 2.52. The Bertz CT molecular complexity index is 1630. The van der Waals surface area contributed by atoms with E-state index in [-0.39, 0.29) is 24.5 Å². The van der Waals surface area contributed by atoms with E-state index in [1.807, 2.05) is 42.5 Å². The second-order valence-electron chi connectivity index (χ2n) is 13.5. The number of methoxy groups -OCH3 is 1. The lowest BCUT2D eigenvalue weighted by Gasteiger charge is -2.32. The van der Waals surface area contributed by atoms with Gasteiger partial charge < -0.3 is 35.1 Å². The van der Waals surface area contributed by atoms with Crippen molar-refractivity contribution in [1.29, 1.82) is 0 Å². The van der Waals surface area contributed by atoms with Crippen molar-refractivity contribution in [3.05, 3.63) is 89.0 Å². The lowest BCUT2D eigenvalue weighted by Crippen LogP contribution is -2.57. The molecule has 0 aromatic heterocycles. The first-order valence-electron chi connectivity index (χ1n) is 17.6. The SMILES string of the molecule is COc1cccc(CNCCCNC(=O)C(CCc2ccc3c(c2)OCO3)N2CC[C@@](CC3CC3)(NC(C)=O)C2=O)c1.Cc1cc(F)cc(F)c1. The molecule has 2 heterocycles. The molecule has 3 aromatic carbocycles. The first-order valence-corrected chi connectivity index (χ1v) is 17.6. The average molecular weight is 707 g/mol. The zero-order valence-electron chi connectivity index (χ0n) is 29.6. The Morgan fingerprint density at radius 1 is 1.00 bits per heavy atom. The van der Waals surface area contributed by atoms with Crippen LogP contribution < -0.4 is 30.2 Å². The number of fused-ring (bicyclic) bond motifs is 1. The van der Waals surface area contributed by atoms with Gasteiger partial charge in [-0.15, -0.1) is 0 Å². The van der Waals surface area contributed by atoms with Crippen molar-refractivity contribution >= 4 is 17.7 Å². The monoisotopic (exact) mass is 706 g/mol. The fourth-order valence-corrected chi connectivity index (χ4v) is 6.68. The number of halogens is 2. The van der Waals surface area contributed by atoms with Gasteiger partial charge >= 0.3 is 0 Å². The maximum Gasteiger partial charge on any atom is 0.249 e. The molecule has 12 heteroatoms. The summed E-state index contributed by atoms with van der Waals surface area (Å²) in [5.41, 5.74) is 1.82. The quantitative estimate of drug-likeness (QED) is 0.186.